The van der Waals surface area contributed by atoms with Crippen LogP contribution in [-0.4, -0.2) is 24.5 Å². The fourth-order valence-electron chi connectivity index (χ4n) is 2.61. The Morgan fingerprint density at radius 1 is 1.09 bits per heavy atom. The van der Waals surface area contributed by atoms with Crippen molar-refractivity contribution in [3.8, 4) is 5.75 Å². The minimum absolute atomic E-state index is 0.154. The second kappa shape index (κ2) is 6.52. The molecule has 1 aliphatic heterocycles. The predicted octanol–water partition coefficient (Wildman–Crippen LogP) is 2.83. The molecule has 2 aromatic carbocycles. The molecule has 0 saturated carbocycles. The number of imide groups is 1. The monoisotopic (exact) mass is 310 g/mol. The second-order valence-corrected chi connectivity index (χ2v) is 5.26. The largest absolute Gasteiger partial charge is 0.494 e. The van der Waals surface area contributed by atoms with Gasteiger partial charge >= 0.3 is 0 Å². The summed E-state index contributed by atoms with van der Waals surface area (Å²) in [6.07, 6.45) is 0.154. The number of anilines is 2. The highest BCUT2D eigenvalue weighted by atomic mass is 16.5. The molecule has 0 radical (unpaired) electrons. The number of nitrogens with one attached hydrogen (secondary N) is 1. The summed E-state index contributed by atoms with van der Waals surface area (Å²) in [7, 11) is 0. The summed E-state index contributed by atoms with van der Waals surface area (Å²) in [6, 6.07) is 15.8. The lowest BCUT2D eigenvalue weighted by atomic mass is 10.2. The van der Waals surface area contributed by atoms with E-state index in [1.54, 1.807) is 12.1 Å². The fourth-order valence-corrected chi connectivity index (χ4v) is 2.61. The van der Waals surface area contributed by atoms with Crippen molar-refractivity contribution in [1.29, 1.82) is 0 Å². The second-order valence-electron chi connectivity index (χ2n) is 5.26. The van der Waals surface area contributed by atoms with Gasteiger partial charge in [0.2, 0.25) is 5.91 Å². The number of benzene rings is 2. The van der Waals surface area contributed by atoms with Crippen molar-refractivity contribution in [3.63, 3.8) is 0 Å². The van der Waals surface area contributed by atoms with Crippen molar-refractivity contribution in [2.24, 2.45) is 0 Å². The third kappa shape index (κ3) is 3.18. The van der Waals surface area contributed by atoms with E-state index >= 15 is 0 Å². The molecule has 1 saturated heterocycles. The van der Waals surface area contributed by atoms with E-state index in [9.17, 15) is 9.59 Å². The molecule has 0 spiro atoms. The summed E-state index contributed by atoms with van der Waals surface area (Å²) in [5, 5.41) is 3.12. The molecule has 1 aliphatic rings. The van der Waals surface area contributed by atoms with Crippen molar-refractivity contribution in [2.45, 2.75) is 19.4 Å². The van der Waals surface area contributed by atoms with Gasteiger partial charge in [0.05, 0.1) is 18.7 Å². The van der Waals surface area contributed by atoms with Crippen LogP contribution >= 0.6 is 0 Å². The fraction of sp³-hybridized carbons (Fsp3) is 0.222. The lowest BCUT2D eigenvalue weighted by Gasteiger charge is -2.16. The summed E-state index contributed by atoms with van der Waals surface area (Å²) >= 11 is 0. The average Bonchev–Trinajstić information content (AvgIpc) is 2.84. The Morgan fingerprint density at radius 2 is 1.78 bits per heavy atom. The number of hydrogen-bond acceptors (Lipinski definition) is 4. The lowest BCUT2D eigenvalue weighted by Crippen LogP contribution is -2.34. The molecule has 23 heavy (non-hydrogen) atoms. The zero-order valence-electron chi connectivity index (χ0n) is 12.9. The van der Waals surface area contributed by atoms with Gasteiger partial charge in [-0.1, -0.05) is 18.2 Å². The van der Waals surface area contributed by atoms with Crippen molar-refractivity contribution < 1.29 is 14.3 Å². The molecule has 1 fully saturated rings. The molecular formula is C18H18N2O3. The van der Waals surface area contributed by atoms with Gasteiger partial charge in [0.15, 0.2) is 0 Å². The van der Waals surface area contributed by atoms with E-state index < -0.39 is 6.04 Å². The first-order valence-corrected chi connectivity index (χ1v) is 7.60. The first-order valence-electron chi connectivity index (χ1n) is 7.60. The maximum absolute atomic E-state index is 12.5. The summed E-state index contributed by atoms with van der Waals surface area (Å²) in [4.78, 5) is 25.9. The highest BCUT2D eigenvalue weighted by molar-refractivity contribution is 6.23. The van der Waals surface area contributed by atoms with Gasteiger partial charge in [0.1, 0.15) is 11.8 Å². The van der Waals surface area contributed by atoms with E-state index in [0.717, 1.165) is 11.4 Å². The molecule has 5 nitrogen and oxygen atoms in total. The van der Waals surface area contributed by atoms with Crippen LogP contribution in [0.1, 0.15) is 13.3 Å². The molecule has 5 heteroatoms. The van der Waals surface area contributed by atoms with Crippen molar-refractivity contribution in [3.05, 3.63) is 54.6 Å². The predicted molar refractivity (Wildman–Crippen MR) is 88.6 cm³/mol. The van der Waals surface area contributed by atoms with E-state index in [0.29, 0.717) is 12.3 Å². The number of carbonyl (C=O) groups is 2. The summed E-state index contributed by atoms with van der Waals surface area (Å²) in [5.41, 5.74) is 1.40. The van der Waals surface area contributed by atoms with Crippen LogP contribution in [0.5, 0.6) is 5.75 Å². The van der Waals surface area contributed by atoms with Crippen molar-refractivity contribution in [2.75, 3.05) is 16.8 Å². The minimum atomic E-state index is -0.541. The lowest BCUT2D eigenvalue weighted by molar-refractivity contribution is -0.121. The zero-order valence-corrected chi connectivity index (χ0v) is 12.9. The van der Waals surface area contributed by atoms with E-state index in [2.05, 4.69) is 5.32 Å². The SMILES string of the molecule is CCOc1ccc(NC2CC(=O)N(c3ccccc3)C2=O)cc1. The van der Waals surface area contributed by atoms with Gasteiger partial charge < -0.3 is 10.1 Å². The van der Waals surface area contributed by atoms with Crippen LogP contribution in [0.2, 0.25) is 0 Å². The van der Waals surface area contributed by atoms with Crippen LogP contribution in [0.4, 0.5) is 11.4 Å². The number of carbonyl (C=O) groups excluding carboxylic acids is 2. The minimum Gasteiger partial charge on any atom is -0.494 e. The average molecular weight is 310 g/mol. The molecule has 1 unspecified atom stereocenters. The van der Waals surface area contributed by atoms with Crippen molar-refractivity contribution >= 4 is 23.2 Å². The van der Waals surface area contributed by atoms with Gasteiger partial charge in [-0.05, 0) is 43.3 Å². The Labute approximate surface area is 134 Å². The number of nitrogens with zero attached hydrogens (tertiary/aromatic N) is 1. The standard InChI is InChI=1S/C18H18N2O3/c1-2-23-15-10-8-13(9-11-15)19-16-12-17(21)20(18(16)22)14-6-4-3-5-7-14/h3-11,16,19H,2,12H2,1H3. The highest BCUT2D eigenvalue weighted by Crippen LogP contribution is 2.25. The Bertz CT molecular complexity index is 698. The molecule has 1 atom stereocenters. The number of rotatable bonds is 5. The van der Waals surface area contributed by atoms with Crippen LogP contribution in [0, 0.1) is 0 Å². The number of ether oxygens (including phenoxy) is 1. The number of hydrogen-bond donors (Lipinski definition) is 1. The van der Waals surface area contributed by atoms with Gasteiger partial charge in [0, 0.05) is 5.69 Å². The summed E-state index contributed by atoms with van der Waals surface area (Å²) in [6.45, 7) is 2.53. The summed E-state index contributed by atoms with van der Waals surface area (Å²) in [5.74, 6) is 0.359. The van der Waals surface area contributed by atoms with Gasteiger partial charge in [0.25, 0.3) is 5.91 Å². The Morgan fingerprint density at radius 3 is 2.43 bits per heavy atom. The van der Waals surface area contributed by atoms with E-state index in [-0.39, 0.29) is 18.2 Å². The molecular weight excluding hydrogens is 292 g/mol. The van der Waals surface area contributed by atoms with Crippen molar-refractivity contribution in [1.82, 2.24) is 0 Å². The normalized spacial score (nSPS) is 17.4. The highest BCUT2D eigenvalue weighted by Gasteiger charge is 2.39. The van der Waals surface area contributed by atoms with E-state index in [1.807, 2.05) is 49.4 Å². The quantitative estimate of drug-likeness (QED) is 0.863. The Kier molecular flexibility index (Phi) is 4.28. The molecule has 0 aromatic heterocycles. The van der Waals surface area contributed by atoms with Crippen LogP contribution in [0.15, 0.2) is 54.6 Å². The maximum atomic E-state index is 12.5. The van der Waals surface area contributed by atoms with Crippen LogP contribution in [0.25, 0.3) is 0 Å². The van der Waals surface area contributed by atoms with Gasteiger partial charge in [-0.2, -0.15) is 0 Å². The van der Waals surface area contributed by atoms with Crippen LogP contribution < -0.4 is 15.0 Å². The number of amides is 2. The Balaban J connectivity index is 1.72. The first kappa shape index (κ1) is 15.1. The smallest absolute Gasteiger partial charge is 0.256 e. The van der Waals surface area contributed by atoms with E-state index in [1.165, 1.54) is 4.90 Å². The molecule has 118 valence electrons. The molecule has 1 heterocycles. The third-order valence-corrected chi connectivity index (χ3v) is 3.67. The third-order valence-electron chi connectivity index (χ3n) is 3.67. The van der Waals surface area contributed by atoms with Gasteiger partial charge in [-0.15, -0.1) is 0 Å². The molecule has 0 aliphatic carbocycles. The number of para-hydroxylation sites is 1. The maximum Gasteiger partial charge on any atom is 0.256 e. The first-order chi connectivity index (χ1) is 11.2. The van der Waals surface area contributed by atoms with E-state index in [4.69, 9.17) is 4.74 Å². The molecule has 1 N–H and O–H groups in total. The zero-order chi connectivity index (χ0) is 16.2. The van der Waals surface area contributed by atoms with Crippen LogP contribution in [0.3, 0.4) is 0 Å². The van der Waals surface area contributed by atoms with Crippen LogP contribution in [-0.2, 0) is 9.59 Å². The molecule has 3 rings (SSSR count). The van der Waals surface area contributed by atoms with Gasteiger partial charge in [-0.25, -0.2) is 4.90 Å². The molecule has 0 bridgehead atoms. The molecule has 2 aromatic rings. The Hall–Kier alpha value is -2.82. The summed E-state index contributed by atoms with van der Waals surface area (Å²) < 4.78 is 5.39. The van der Waals surface area contributed by atoms with Gasteiger partial charge in [-0.3, -0.25) is 9.59 Å². The topological polar surface area (TPSA) is 58.6 Å². The molecule has 2 amide bonds.